The molecular formula is C17H16Cl3N5O. The van der Waals surface area contributed by atoms with Crippen molar-refractivity contribution in [1.82, 2.24) is 19.6 Å². The Morgan fingerprint density at radius 1 is 1.12 bits per heavy atom. The first-order chi connectivity index (χ1) is 12.3. The fourth-order valence-electron chi connectivity index (χ4n) is 2.66. The van der Waals surface area contributed by atoms with Crippen LogP contribution in [0.4, 0.5) is 5.82 Å². The zero-order chi connectivity index (χ0) is 19.0. The molecule has 0 aliphatic rings. The molecule has 3 rings (SSSR count). The lowest BCUT2D eigenvalue weighted by Crippen LogP contribution is -2.15. The molecule has 0 radical (unpaired) electrons. The average molecular weight is 413 g/mol. The number of hydrogen-bond acceptors (Lipinski definition) is 3. The third-order valence-corrected chi connectivity index (χ3v) is 5.03. The molecular weight excluding hydrogens is 397 g/mol. The van der Waals surface area contributed by atoms with E-state index in [4.69, 9.17) is 34.8 Å². The Balaban J connectivity index is 1.79. The molecule has 0 aliphatic heterocycles. The molecule has 9 heteroatoms. The quantitative estimate of drug-likeness (QED) is 0.686. The zero-order valence-electron chi connectivity index (χ0n) is 14.3. The van der Waals surface area contributed by atoms with Crippen LogP contribution in [0.1, 0.15) is 27.3 Å². The Morgan fingerprint density at radius 2 is 1.85 bits per heavy atom. The molecule has 0 spiro atoms. The zero-order valence-corrected chi connectivity index (χ0v) is 16.6. The Hall–Kier alpha value is -2.02. The number of rotatable bonds is 4. The highest BCUT2D eigenvalue weighted by atomic mass is 35.5. The third kappa shape index (κ3) is 3.72. The largest absolute Gasteiger partial charge is 0.304 e. The second kappa shape index (κ2) is 7.31. The summed E-state index contributed by atoms with van der Waals surface area (Å²) < 4.78 is 3.29. The van der Waals surface area contributed by atoms with Crippen LogP contribution in [0.2, 0.25) is 15.1 Å². The summed E-state index contributed by atoms with van der Waals surface area (Å²) in [4.78, 5) is 12.6. The van der Waals surface area contributed by atoms with Gasteiger partial charge in [0.2, 0.25) is 0 Å². The molecule has 0 unspecified atom stereocenters. The van der Waals surface area contributed by atoms with Gasteiger partial charge in [-0.3, -0.25) is 14.2 Å². The summed E-state index contributed by atoms with van der Waals surface area (Å²) in [6, 6.07) is 5.34. The first-order valence-electron chi connectivity index (χ1n) is 7.74. The van der Waals surface area contributed by atoms with Gasteiger partial charge in [0, 0.05) is 18.9 Å². The average Bonchev–Trinajstić information content (AvgIpc) is 3.02. The summed E-state index contributed by atoms with van der Waals surface area (Å²) in [6.45, 7) is 4.06. The minimum absolute atomic E-state index is 0.291. The number of nitrogens with one attached hydrogen (secondary N) is 1. The molecule has 136 valence electrons. The van der Waals surface area contributed by atoms with E-state index in [1.165, 1.54) is 0 Å². The van der Waals surface area contributed by atoms with Crippen LogP contribution in [0, 0.1) is 13.8 Å². The van der Waals surface area contributed by atoms with E-state index >= 15 is 0 Å². The first-order valence-corrected chi connectivity index (χ1v) is 8.88. The minimum atomic E-state index is -0.296. The fraction of sp³-hybridized carbons (Fsp3) is 0.235. The van der Waals surface area contributed by atoms with Gasteiger partial charge in [0.15, 0.2) is 5.82 Å². The summed E-state index contributed by atoms with van der Waals surface area (Å²) >= 11 is 18.2. The Kier molecular flexibility index (Phi) is 5.27. The van der Waals surface area contributed by atoms with Gasteiger partial charge in [0.05, 0.1) is 27.8 Å². The molecule has 0 aliphatic carbocycles. The molecule has 0 bridgehead atoms. The standard InChI is InChI=1S/C17H16Cl3N5O/c1-9-15(10(2)24(3)22-9)17(26)21-16-14(20)8-25(23-16)7-11-4-5-12(18)13(19)6-11/h4-6,8H,7H2,1-3H3,(H,21,23,26). The maximum Gasteiger partial charge on any atom is 0.260 e. The SMILES string of the molecule is Cc1nn(C)c(C)c1C(=O)Nc1nn(Cc2ccc(Cl)c(Cl)c2)cc1Cl. The van der Waals surface area contributed by atoms with E-state index in [9.17, 15) is 4.79 Å². The molecule has 2 aromatic heterocycles. The van der Waals surface area contributed by atoms with Crippen LogP contribution in [-0.4, -0.2) is 25.5 Å². The van der Waals surface area contributed by atoms with Crippen LogP contribution in [0.15, 0.2) is 24.4 Å². The predicted molar refractivity (Wildman–Crippen MR) is 103 cm³/mol. The van der Waals surface area contributed by atoms with Crippen LogP contribution >= 0.6 is 34.8 Å². The summed E-state index contributed by atoms with van der Waals surface area (Å²) in [5.74, 6) is -0.00540. The van der Waals surface area contributed by atoms with Crippen LogP contribution in [0.25, 0.3) is 0 Å². The lowest BCUT2D eigenvalue weighted by Gasteiger charge is -2.05. The number of halogens is 3. The lowest BCUT2D eigenvalue weighted by atomic mass is 10.2. The molecule has 6 nitrogen and oxygen atoms in total. The lowest BCUT2D eigenvalue weighted by molar-refractivity contribution is 0.102. The monoisotopic (exact) mass is 411 g/mol. The van der Waals surface area contributed by atoms with Crippen molar-refractivity contribution in [2.45, 2.75) is 20.4 Å². The topological polar surface area (TPSA) is 64.7 Å². The fourth-order valence-corrected chi connectivity index (χ4v) is 3.18. The number of carbonyl (C=O) groups is 1. The van der Waals surface area contributed by atoms with Crippen molar-refractivity contribution in [3.05, 3.63) is 62.0 Å². The van der Waals surface area contributed by atoms with Crippen LogP contribution in [0.3, 0.4) is 0 Å². The number of anilines is 1. The molecule has 0 fully saturated rings. The van der Waals surface area contributed by atoms with Crippen molar-refractivity contribution in [3.63, 3.8) is 0 Å². The molecule has 3 aromatic rings. The van der Waals surface area contributed by atoms with Crippen molar-refractivity contribution in [2.75, 3.05) is 5.32 Å². The van der Waals surface area contributed by atoms with Gasteiger partial charge in [0.25, 0.3) is 5.91 Å². The minimum Gasteiger partial charge on any atom is -0.304 e. The van der Waals surface area contributed by atoms with Crippen molar-refractivity contribution in [1.29, 1.82) is 0 Å². The van der Waals surface area contributed by atoms with E-state index in [1.807, 2.05) is 13.0 Å². The number of aryl methyl sites for hydroxylation is 2. The summed E-state index contributed by atoms with van der Waals surface area (Å²) in [7, 11) is 1.79. The van der Waals surface area contributed by atoms with Gasteiger partial charge in [-0.25, -0.2) is 0 Å². The van der Waals surface area contributed by atoms with E-state index in [0.29, 0.717) is 38.7 Å². The summed E-state index contributed by atoms with van der Waals surface area (Å²) in [5.41, 5.74) is 2.85. The van der Waals surface area contributed by atoms with Gasteiger partial charge in [-0.1, -0.05) is 40.9 Å². The second-order valence-electron chi connectivity index (χ2n) is 5.90. The first kappa shape index (κ1) is 18.8. The molecule has 1 amide bonds. The number of amides is 1. The molecule has 1 aromatic carbocycles. The van der Waals surface area contributed by atoms with E-state index in [0.717, 1.165) is 11.3 Å². The third-order valence-electron chi connectivity index (χ3n) is 4.01. The Labute approximate surface area is 165 Å². The van der Waals surface area contributed by atoms with E-state index in [1.54, 1.807) is 41.7 Å². The van der Waals surface area contributed by atoms with Crippen molar-refractivity contribution in [3.8, 4) is 0 Å². The highest BCUT2D eigenvalue weighted by Gasteiger charge is 2.19. The van der Waals surface area contributed by atoms with Gasteiger partial charge in [-0.2, -0.15) is 10.2 Å². The van der Waals surface area contributed by atoms with Gasteiger partial charge >= 0.3 is 0 Å². The van der Waals surface area contributed by atoms with Crippen LogP contribution in [0.5, 0.6) is 0 Å². The van der Waals surface area contributed by atoms with Gasteiger partial charge < -0.3 is 5.32 Å². The maximum absolute atomic E-state index is 12.6. The highest BCUT2D eigenvalue weighted by molar-refractivity contribution is 6.42. The summed E-state index contributed by atoms with van der Waals surface area (Å²) in [5, 5.41) is 12.6. The number of carbonyl (C=O) groups excluding carboxylic acids is 1. The maximum atomic E-state index is 12.6. The number of benzene rings is 1. The van der Waals surface area contributed by atoms with E-state index in [-0.39, 0.29) is 5.91 Å². The summed E-state index contributed by atoms with van der Waals surface area (Å²) in [6.07, 6.45) is 1.64. The molecule has 1 N–H and O–H groups in total. The molecule has 0 saturated heterocycles. The van der Waals surface area contributed by atoms with Crippen LogP contribution < -0.4 is 5.32 Å². The number of nitrogens with zero attached hydrogens (tertiary/aromatic N) is 4. The van der Waals surface area contributed by atoms with Gasteiger partial charge in [0.1, 0.15) is 5.02 Å². The smallest absolute Gasteiger partial charge is 0.260 e. The number of aromatic nitrogens is 4. The van der Waals surface area contributed by atoms with Crippen molar-refractivity contribution >= 4 is 46.5 Å². The Bertz CT molecular complexity index is 993. The highest BCUT2D eigenvalue weighted by Crippen LogP contribution is 2.25. The second-order valence-corrected chi connectivity index (χ2v) is 7.12. The number of hydrogen-bond donors (Lipinski definition) is 1. The molecule has 2 heterocycles. The normalized spacial score (nSPS) is 11.0. The molecule has 0 saturated carbocycles. The van der Waals surface area contributed by atoms with E-state index < -0.39 is 0 Å². The Morgan fingerprint density at radius 3 is 2.46 bits per heavy atom. The van der Waals surface area contributed by atoms with Gasteiger partial charge in [-0.15, -0.1) is 0 Å². The van der Waals surface area contributed by atoms with E-state index in [2.05, 4.69) is 15.5 Å². The molecule has 26 heavy (non-hydrogen) atoms. The van der Waals surface area contributed by atoms with Gasteiger partial charge in [-0.05, 0) is 31.5 Å². The van der Waals surface area contributed by atoms with Crippen molar-refractivity contribution < 1.29 is 4.79 Å². The van der Waals surface area contributed by atoms with Crippen molar-refractivity contribution in [2.24, 2.45) is 7.05 Å². The predicted octanol–water partition coefficient (Wildman–Crippen LogP) is 4.49. The molecule has 0 atom stereocenters. The van der Waals surface area contributed by atoms with Crippen LogP contribution in [-0.2, 0) is 13.6 Å².